The monoisotopic (exact) mass is 280 g/mol. The van der Waals surface area contributed by atoms with Crippen LogP contribution in [0.3, 0.4) is 0 Å². The van der Waals surface area contributed by atoms with Gasteiger partial charge in [-0.25, -0.2) is 4.39 Å². The van der Waals surface area contributed by atoms with Crippen molar-refractivity contribution in [2.75, 3.05) is 13.2 Å². The van der Waals surface area contributed by atoms with E-state index in [2.05, 4.69) is 4.90 Å². The number of aliphatic hydroxyl groups is 1. The first kappa shape index (κ1) is 15.4. The summed E-state index contributed by atoms with van der Waals surface area (Å²) in [5.41, 5.74) is 7.68. The molecule has 0 aromatic heterocycles. The molecule has 0 saturated heterocycles. The zero-order valence-electron chi connectivity index (χ0n) is 12.0. The van der Waals surface area contributed by atoms with Gasteiger partial charge in [-0.05, 0) is 36.1 Å². The summed E-state index contributed by atoms with van der Waals surface area (Å²) in [5.74, 6) is -0.218. The molecule has 0 atom stereocenters. The van der Waals surface area contributed by atoms with Crippen LogP contribution >= 0.6 is 0 Å². The highest BCUT2D eigenvalue weighted by Gasteiger charge is 2.21. The highest BCUT2D eigenvalue weighted by Crippen LogP contribution is 2.24. The van der Waals surface area contributed by atoms with Crippen molar-refractivity contribution in [2.24, 2.45) is 5.73 Å². The molecule has 1 aliphatic carbocycles. The molecule has 1 aliphatic rings. The van der Waals surface area contributed by atoms with Gasteiger partial charge in [0, 0.05) is 25.7 Å². The third kappa shape index (κ3) is 4.01. The fraction of sp³-hybridized carbons (Fsp3) is 0.625. The van der Waals surface area contributed by atoms with Gasteiger partial charge in [0.2, 0.25) is 0 Å². The number of aliphatic hydroxyl groups excluding tert-OH is 1. The van der Waals surface area contributed by atoms with E-state index in [1.165, 1.54) is 38.2 Å². The Kier molecular flexibility index (Phi) is 5.95. The smallest absolute Gasteiger partial charge is 0.123 e. The molecule has 20 heavy (non-hydrogen) atoms. The average molecular weight is 280 g/mol. The number of halogens is 1. The van der Waals surface area contributed by atoms with Crippen molar-refractivity contribution in [3.63, 3.8) is 0 Å². The summed E-state index contributed by atoms with van der Waals surface area (Å²) < 4.78 is 13.5. The first-order chi connectivity index (χ1) is 9.74. The van der Waals surface area contributed by atoms with Crippen LogP contribution in [-0.4, -0.2) is 29.2 Å². The predicted molar refractivity (Wildman–Crippen MR) is 78.7 cm³/mol. The van der Waals surface area contributed by atoms with E-state index in [9.17, 15) is 9.50 Å². The van der Waals surface area contributed by atoms with Crippen LogP contribution in [0.5, 0.6) is 0 Å². The van der Waals surface area contributed by atoms with Crippen LogP contribution in [-0.2, 0) is 13.1 Å². The maximum atomic E-state index is 13.5. The van der Waals surface area contributed by atoms with Gasteiger partial charge in [-0.2, -0.15) is 0 Å². The third-order valence-corrected chi connectivity index (χ3v) is 4.24. The standard InChI is InChI=1S/C16H25FN2O/c17-15-7-6-13(11-18)14(10-15)12-19(8-9-20)16-4-2-1-3-5-16/h6-7,10,16,20H,1-5,8-9,11-12,18H2. The molecule has 0 amide bonds. The summed E-state index contributed by atoms with van der Waals surface area (Å²) in [7, 11) is 0. The minimum absolute atomic E-state index is 0.143. The minimum atomic E-state index is -0.218. The second kappa shape index (κ2) is 7.72. The van der Waals surface area contributed by atoms with E-state index in [0.29, 0.717) is 25.7 Å². The Balaban J connectivity index is 2.12. The zero-order valence-corrected chi connectivity index (χ0v) is 12.0. The normalized spacial score (nSPS) is 16.8. The van der Waals surface area contributed by atoms with E-state index in [1.54, 1.807) is 12.1 Å². The summed E-state index contributed by atoms with van der Waals surface area (Å²) in [6, 6.07) is 5.31. The van der Waals surface area contributed by atoms with Gasteiger partial charge in [-0.3, -0.25) is 4.90 Å². The Morgan fingerprint density at radius 2 is 1.95 bits per heavy atom. The Bertz CT molecular complexity index is 419. The Morgan fingerprint density at radius 3 is 2.60 bits per heavy atom. The van der Waals surface area contributed by atoms with Gasteiger partial charge in [0.05, 0.1) is 6.61 Å². The molecule has 2 rings (SSSR count). The number of benzene rings is 1. The molecule has 3 N–H and O–H groups in total. The molecule has 1 fully saturated rings. The number of hydrogen-bond acceptors (Lipinski definition) is 3. The van der Waals surface area contributed by atoms with Crippen molar-refractivity contribution < 1.29 is 9.50 Å². The van der Waals surface area contributed by atoms with Gasteiger partial charge >= 0.3 is 0 Å². The first-order valence-corrected chi connectivity index (χ1v) is 7.57. The molecule has 0 heterocycles. The lowest BCUT2D eigenvalue weighted by molar-refractivity contribution is 0.117. The highest BCUT2D eigenvalue weighted by atomic mass is 19.1. The number of nitrogens with two attached hydrogens (primary N) is 1. The van der Waals surface area contributed by atoms with Crippen molar-refractivity contribution in [3.05, 3.63) is 35.1 Å². The van der Waals surface area contributed by atoms with Crippen molar-refractivity contribution in [1.82, 2.24) is 4.90 Å². The minimum Gasteiger partial charge on any atom is -0.395 e. The first-order valence-electron chi connectivity index (χ1n) is 7.57. The number of nitrogens with zero attached hydrogens (tertiary/aromatic N) is 1. The van der Waals surface area contributed by atoms with E-state index in [1.807, 2.05) is 0 Å². The van der Waals surface area contributed by atoms with Crippen LogP contribution in [0.4, 0.5) is 4.39 Å². The maximum Gasteiger partial charge on any atom is 0.123 e. The SMILES string of the molecule is NCc1ccc(F)cc1CN(CCO)C1CCCCC1. The van der Waals surface area contributed by atoms with Crippen LogP contribution < -0.4 is 5.73 Å². The molecular formula is C16H25FN2O. The van der Waals surface area contributed by atoms with Crippen LogP contribution in [0.2, 0.25) is 0 Å². The van der Waals surface area contributed by atoms with Gasteiger partial charge in [0.15, 0.2) is 0 Å². The fourth-order valence-electron chi connectivity index (χ4n) is 3.12. The summed E-state index contributed by atoms with van der Waals surface area (Å²) in [6.45, 7) is 1.89. The lowest BCUT2D eigenvalue weighted by atomic mass is 9.93. The van der Waals surface area contributed by atoms with E-state index in [4.69, 9.17) is 5.73 Å². The van der Waals surface area contributed by atoms with E-state index in [0.717, 1.165) is 11.1 Å². The molecule has 1 aromatic rings. The van der Waals surface area contributed by atoms with Crippen molar-refractivity contribution in [2.45, 2.75) is 51.2 Å². The van der Waals surface area contributed by atoms with Crippen LogP contribution in [0.25, 0.3) is 0 Å². The lowest BCUT2D eigenvalue weighted by Crippen LogP contribution is -2.38. The Labute approximate surface area is 120 Å². The molecule has 0 radical (unpaired) electrons. The molecule has 1 aromatic carbocycles. The lowest BCUT2D eigenvalue weighted by Gasteiger charge is -2.34. The van der Waals surface area contributed by atoms with Crippen LogP contribution in [0, 0.1) is 5.82 Å². The quantitative estimate of drug-likeness (QED) is 0.841. The van der Waals surface area contributed by atoms with Crippen LogP contribution in [0.15, 0.2) is 18.2 Å². The largest absolute Gasteiger partial charge is 0.395 e. The third-order valence-electron chi connectivity index (χ3n) is 4.24. The fourth-order valence-corrected chi connectivity index (χ4v) is 3.12. The molecular weight excluding hydrogens is 255 g/mol. The second-order valence-corrected chi connectivity index (χ2v) is 5.60. The molecule has 3 nitrogen and oxygen atoms in total. The molecule has 4 heteroatoms. The van der Waals surface area contributed by atoms with E-state index < -0.39 is 0 Å². The molecule has 0 unspecified atom stereocenters. The average Bonchev–Trinajstić information content (AvgIpc) is 2.48. The van der Waals surface area contributed by atoms with Gasteiger partial charge in [-0.15, -0.1) is 0 Å². The number of rotatable bonds is 6. The Morgan fingerprint density at radius 1 is 1.20 bits per heavy atom. The number of hydrogen-bond donors (Lipinski definition) is 2. The zero-order chi connectivity index (χ0) is 14.4. The summed E-state index contributed by atoms with van der Waals surface area (Å²) in [4.78, 5) is 2.28. The maximum absolute atomic E-state index is 13.5. The van der Waals surface area contributed by atoms with Gasteiger partial charge < -0.3 is 10.8 Å². The Hall–Kier alpha value is -0.970. The van der Waals surface area contributed by atoms with Gasteiger partial charge in [0.25, 0.3) is 0 Å². The van der Waals surface area contributed by atoms with Crippen molar-refractivity contribution >= 4 is 0 Å². The van der Waals surface area contributed by atoms with Crippen molar-refractivity contribution in [1.29, 1.82) is 0 Å². The molecule has 1 saturated carbocycles. The molecule has 112 valence electrons. The van der Waals surface area contributed by atoms with Crippen molar-refractivity contribution in [3.8, 4) is 0 Å². The summed E-state index contributed by atoms with van der Waals surface area (Å²) in [5, 5.41) is 9.29. The highest BCUT2D eigenvalue weighted by molar-refractivity contribution is 5.27. The summed E-state index contributed by atoms with van der Waals surface area (Å²) in [6.07, 6.45) is 6.15. The van der Waals surface area contributed by atoms with E-state index in [-0.39, 0.29) is 12.4 Å². The molecule has 0 aliphatic heterocycles. The van der Waals surface area contributed by atoms with Gasteiger partial charge in [0.1, 0.15) is 5.82 Å². The molecule has 0 spiro atoms. The van der Waals surface area contributed by atoms with Crippen LogP contribution in [0.1, 0.15) is 43.2 Å². The molecule has 0 bridgehead atoms. The summed E-state index contributed by atoms with van der Waals surface area (Å²) >= 11 is 0. The predicted octanol–water partition coefficient (Wildman–Crippen LogP) is 2.41. The second-order valence-electron chi connectivity index (χ2n) is 5.60. The van der Waals surface area contributed by atoms with Gasteiger partial charge in [-0.1, -0.05) is 25.3 Å². The van der Waals surface area contributed by atoms with E-state index >= 15 is 0 Å². The topological polar surface area (TPSA) is 49.5 Å².